The Bertz CT molecular complexity index is 458. The summed E-state index contributed by atoms with van der Waals surface area (Å²) < 4.78 is 7.03. The van der Waals surface area contributed by atoms with Crippen molar-refractivity contribution in [2.75, 3.05) is 25.6 Å². The smallest absolute Gasteiger partial charge is 0.134 e. The fourth-order valence-corrected chi connectivity index (χ4v) is 1.55. The van der Waals surface area contributed by atoms with Gasteiger partial charge in [0, 0.05) is 32.8 Å². The summed E-state index contributed by atoms with van der Waals surface area (Å²) in [6.07, 6.45) is 5.73. The maximum Gasteiger partial charge on any atom is 0.134 e. The van der Waals surface area contributed by atoms with E-state index in [1.807, 2.05) is 10.6 Å². The van der Waals surface area contributed by atoms with Crippen molar-refractivity contribution in [1.82, 2.24) is 24.7 Å². The quantitative estimate of drug-likeness (QED) is 0.762. The van der Waals surface area contributed by atoms with Gasteiger partial charge in [0.25, 0.3) is 0 Å². The van der Waals surface area contributed by atoms with Gasteiger partial charge in [-0.05, 0) is 6.07 Å². The van der Waals surface area contributed by atoms with Crippen LogP contribution in [0.2, 0.25) is 0 Å². The Kier molecular flexibility index (Phi) is 4.60. The van der Waals surface area contributed by atoms with Crippen LogP contribution in [0.3, 0.4) is 0 Å². The van der Waals surface area contributed by atoms with Crippen molar-refractivity contribution < 1.29 is 4.74 Å². The van der Waals surface area contributed by atoms with E-state index in [0.29, 0.717) is 6.61 Å². The fraction of sp³-hybridized carbons (Fsp3) is 0.455. The monoisotopic (exact) mass is 248 g/mol. The zero-order chi connectivity index (χ0) is 12.6. The van der Waals surface area contributed by atoms with Crippen molar-refractivity contribution in [2.24, 2.45) is 0 Å². The molecule has 0 amide bonds. The van der Waals surface area contributed by atoms with E-state index in [4.69, 9.17) is 4.74 Å². The molecule has 0 fully saturated rings. The number of ether oxygens (including phenoxy) is 1. The van der Waals surface area contributed by atoms with Crippen LogP contribution in [0.1, 0.15) is 5.82 Å². The average molecular weight is 248 g/mol. The zero-order valence-corrected chi connectivity index (χ0v) is 10.3. The van der Waals surface area contributed by atoms with Gasteiger partial charge in [0.1, 0.15) is 24.3 Å². The van der Waals surface area contributed by atoms with E-state index >= 15 is 0 Å². The van der Waals surface area contributed by atoms with Crippen molar-refractivity contribution >= 4 is 5.82 Å². The molecule has 0 unspecified atom stereocenters. The van der Waals surface area contributed by atoms with Crippen molar-refractivity contribution in [1.29, 1.82) is 0 Å². The minimum Gasteiger partial charge on any atom is -0.383 e. The Morgan fingerprint density at radius 3 is 3.17 bits per heavy atom. The predicted octanol–water partition coefficient (Wildman–Crippen LogP) is 0.369. The van der Waals surface area contributed by atoms with Gasteiger partial charge in [-0.25, -0.2) is 9.97 Å². The van der Waals surface area contributed by atoms with E-state index in [1.54, 1.807) is 19.6 Å². The number of rotatable bonds is 7. The minimum absolute atomic E-state index is 0.657. The molecule has 2 rings (SSSR count). The van der Waals surface area contributed by atoms with Crippen LogP contribution in [0.15, 0.2) is 24.9 Å². The summed E-state index contributed by atoms with van der Waals surface area (Å²) in [4.78, 5) is 7.94. The number of anilines is 1. The Balaban J connectivity index is 1.81. The molecule has 2 aromatic rings. The summed E-state index contributed by atoms with van der Waals surface area (Å²) in [5.74, 6) is 1.75. The highest BCUT2D eigenvalue weighted by Gasteiger charge is 2.03. The predicted molar refractivity (Wildman–Crippen MR) is 66.1 cm³/mol. The number of nitrogens with one attached hydrogen (secondary N) is 1. The fourth-order valence-electron chi connectivity index (χ4n) is 1.55. The van der Waals surface area contributed by atoms with Crippen LogP contribution in [-0.4, -0.2) is 45.0 Å². The molecule has 96 valence electrons. The molecule has 1 N–H and O–H groups in total. The zero-order valence-electron chi connectivity index (χ0n) is 10.3. The highest BCUT2D eigenvalue weighted by molar-refractivity contribution is 5.31. The first kappa shape index (κ1) is 12.4. The van der Waals surface area contributed by atoms with Gasteiger partial charge in [0.2, 0.25) is 0 Å². The van der Waals surface area contributed by atoms with Crippen LogP contribution >= 0.6 is 0 Å². The van der Waals surface area contributed by atoms with Crippen LogP contribution in [0.25, 0.3) is 0 Å². The van der Waals surface area contributed by atoms with Crippen LogP contribution in [-0.2, 0) is 17.7 Å². The third kappa shape index (κ3) is 3.49. The third-order valence-electron chi connectivity index (χ3n) is 2.47. The van der Waals surface area contributed by atoms with Crippen LogP contribution in [0.5, 0.6) is 0 Å². The summed E-state index contributed by atoms with van der Waals surface area (Å²) >= 11 is 0. The van der Waals surface area contributed by atoms with E-state index in [9.17, 15) is 0 Å². The second kappa shape index (κ2) is 6.65. The summed E-state index contributed by atoms with van der Waals surface area (Å²) in [6.45, 7) is 2.18. The third-order valence-corrected chi connectivity index (χ3v) is 2.47. The number of hydrogen-bond acceptors (Lipinski definition) is 6. The summed E-state index contributed by atoms with van der Waals surface area (Å²) in [7, 11) is 1.68. The van der Waals surface area contributed by atoms with Crippen molar-refractivity contribution in [3.63, 3.8) is 0 Å². The molecular weight excluding hydrogens is 232 g/mol. The molecule has 2 heterocycles. The molecule has 18 heavy (non-hydrogen) atoms. The Hall–Kier alpha value is -2.02. The van der Waals surface area contributed by atoms with Gasteiger partial charge in [-0.2, -0.15) is 0 Å². The van der Waals surface area contributed by atoms with Crippen LogP contribution < -0.4 is 5.32 Å². The van der Waals surface area contributed by atoms with Gasteiger partial charge in [0.05, 0.1) is 6.61 Å². The molecule has 2 aromatic heterocycles. The average Bonchev–Trinajstić information content (AvgIpc) is 2.85. The van der Waals surface area contributed by atoms with Gasteiger partial charge in [-0.15, -0.1) is 10.2 Å². The first-order valence-corrected chi connectivity index (χ1v) is 5.75. The number of methoxy groups -OCH3 is 1. The molecule has 0 saturated heterocycles. The number of aromatic nitrogens is 5. The van der Waals surface area contributed by atoms with Gasteiger partial charge < -0.3 is 14.6 Å². The standard InChI is InChI=1S/C11H16N6O/c1-18-7-6-17-9-15-16-11(17)3-5-13-10-2-4-12-8-14-10/h2,4,8-9H,3,5-7H2,1H3,(H,12,13,14). The maximum atomic E-state index is 5.03. The maximum absolute atomic E-state index is 5.03. The highest BCUT2D eigenvalue weighted by Crippen LogP contribution is 2.00. The molecule has 0 bridgehead atoms. The van der Waals surface area contributed by atoms with E-state index in [-0.39, 0.29) is 0 Å². The molecule has 0 aliphatic rings. The number of nitrogens with zero attached hydrogens (tertiary/aromatic N) is 5. The minimum atomic E-state index is 0.657. The lowest BCUT2D eigenvalue weighted by Gasteiger charge is -2.07. The molecule has 0 radical (unpaired) electrons. The first-order chi connectivity index (χ1) is 8.90. The molecular formula is C11H16N6O. The molecule has 0 aliphatic carbocycles. The van der Waals surface area contributed by atoms with Gasteiger partial charge >= 0.3 is 0 Å². The largest absolute Gasteiger partial charge is 0.383 e. The first-order valence-electron chi connectivity index (χ1n) is 5.75. The molecule has 7 nitrogen and oxygen atoms in total. The van der Waals surface area contributed by atoms with Gasteiger partial charge in [-0.1, -0.05) is 0 Å². The Morgan fingerprint density at radius 2 is 2.39 bits per heavy atom. The van der Waals surface area contributed by atoms with Crippen LogP contribution in [0, 0.1) is 0 Å². The van der Waals surface area contributed by atoms with E-state index in [0.717, 1.165) is 31.2 Å². The van der Waals surface area contributed by atoms with Crippen molar-refractivity contribution in [3.05, 3.63) is 30.7 Å². The highest BCUT2D eigenvalue weighted by atomic mass is 16.5. The van der Waals surface area contributed by atoms with Gasteiger partial charge in [0.15, 0.2) is 0 Å². The van der Waals surface area contributed by atoms with E-state index in [2.05, 4.69) is 25.5 Å². The lowest BCUT2D eigenvalue weighted by atomic mass is 10.4. The van der Waals surface area contributed by atoms with Gasteiger partial charge in [-0.3, -0.25) is 0 Å². The Labute approximate surface area is 105 Å². The summed E-state index contributed by atoms with van der Waals surface area (Å²) in [6, 6.07) is 1.83. The molecule has 0 atom stereocenters. The summed E-state index contributed by atoms with van der Waals surface area (Å²) in [5, 5.41) is 11.2. The SMILES string of the molecule is COCCn1cnnc1CCNc1ccncn1. The normalized spacial score (nSPS) is 10.5. The second-order valence-corrected chi connectivity index (χ2v) is 3.70. The molecule has 0 saturated carbocycles. The lowest BCUT2D eigenvalue weighted by Crippen LogP contribution is -2.12. The van der Waals surface area contributed by atoms with E-state index < -0.39 is 0 Å². The molecule has 7 heteroatoms. The summed E-state index contributed by atoms with van der Waals surface area (Å²) in [5.41, 5.74) is 0. The van der Waals surface area contributed by atoms with Crippen molar-refractivity contribution in [3.8, 4) is 0 Å². The molecule has 0 aliphatic heterocycles. The molecule has 0 spiro atoms. The van der Waals surface area contributed by atoms with Crippen LogP contribution in [0.4, 0.5) is 5.82 Å². The topological polar surface area (TPSA) is 77.8 Å². The lowest BCUT2D eigenvalue weighted by molar-refractivity contribution is 0.186. The molecule has 0 aromatic carbocycles. The second-order valence-electron chi connectivity index (χ2n) is 3.70. The van der Waals surface area contributed by atoms with E-state index in [1.165, 1.54) is 6.33 Å². The Morgan fingerprint density at radius 1 is 1.44 bits per heavy atom. The van der Waals surface area contributed by atoms with Crippen molar-refractivity contribution in [2.45, 2.75) is 13.0 Å². The number of hydrogen-bond donors (Lipinski definition) is 1.